The molecule has 0 aromatic heterocycles. The standard InChI is InChI=1S/C50H28/c1-3-12-29(13-4-1)45-42-27-39-38-25-24-32-23-22-31-16-11-17-33-26-41(48(38)47(32)44(31)33)40(39)28-43(42)46(30-14-5-2-6-15-30)50-37-21-10-8-19-35(37)34-18-7-9-20-36(34)49(45)50/h1-28H. The second-order valence-corrected chi connectivity index (χ2v) is 13.9. The van der Waals surface area contributed by atoms with E-state index >= 15 is 0 Å². The minimum Gasteiger partial charge on any atom is -0.0622 e. The largest absolute Gasteiger partial charge is 0.0622 e. The summed E-state index contributed by atoms with van der Waals surface area (Å²) in [5.41, 5.74) is 10.4. The van der Waals surface area contributed by atoms with Crippen molar-refractivity contribution in [2.24, 2.45) is 0 Å². The van der Waals surface area contributed by atoms with E-state index < -0.39 is 0 Å². The van der Waals surface area contributed by atoms with E-state index in [-0.39, 0.29) is 0 Å². The molecule has 12 rings (SSSR count). The molecule has 0 spiro atoms. The number of benzene rings is 11. The van der Waals surface area contributed by atoms with Crippen LogP contribution in [0.2, 0.25) is 0 Å². The van der Waals surface area contributed by atoms with Gasteiger partial charge in [0.2, 0.25) is 0 Å². The van der Waals surface area contributed by atoms with Crippen molar-refractivity contribution in [3.05, 3.63) is 170 Å². The molecule has 0 aliphatic heterocycles. The summed E-state index contributed by atoms with van der Waals surface area (Å²) in [4.78, 5) is 0. The van der Waals surface area contributed by atoms with Crippen LogP contribution < -0.4 is 0 Å². The third kappa shape index (κ3) is 3.31. The molecular weight excluding hydrogens is 601 g/mol. The molecule has 0 N–H and O–H groups in total. The van der Waals surface area contributed by atoms with Crippen molar-refractivity contribution in [1.82, 2.24) is 0 Å². The Morgan fingerprint density at radius 1 is 0.220 bits per heavy atom. The highest BCUT2D eigenvalue weighted by Crippen LogP contribution is 2.56. The molecule has 1 aliphatic rings. The molecule has 50 heavy (non-hydrogen) atoms. The summed E-state index contributed by atoms with van der Waals surface area (Å²) in [6, 6.07) is 63.7. The first-order valence-electron chi connectivity index (χ1n) is 17.5. The molecule has 0 nitrogen and oxygen atoms in total. The molecular formula is C50H28. The second-order valence-electron chi connectivity index (χ2n) is 13.9. The fourth-order valence-electron chi connectivity index (χ4n) is 9.49. The van der Waals surface area contributed by atoms with Crippen LogP contribution in [0, 0.1) is 0 Å². The Labute approximate surface area is 288 Å². The molecule has 11 aromatic carbocycles. The van der Waals surface area contributed by atoms with Gasteiger partial charge in [-0.2, -0.15) is 0 Å². The predicted octanol–water partition coefficient (Wildman–Crippen LogP) is 14.2. The summed E-state index contributed by atoms with van der Waals surface area (Å²) < 4.78 is 0. The van der Waals surface area contributed by atoms with Crippen LogP contribution in [0.15, 0.2) is 170 Å². The van der Waals surface area contributed by atoms with Crippen molar-refractivity contribution in [2.45, 2.75) is 0 Å². The Balaban J connectivity index is 1.37. The van der Waals surface area contributed by atoms with Gasteiger partial charge in [0.25, 0.3) is 0 Å². The van der Waals surface area contributed by atoms with Gasteiger partial charge in [-0.25, -0.2) is 0 Å². The molecule has 0 heteroatoms. The first-order valence-corrected chi connectivity index (χ1v) is 17.5. The van der Waals surface area contributed by atoms with Gasteiger partial charge in [-0.15, -0.1) is 0 Å². The van der Waals surface area contributed by atoms with Gasteiger partial charge in [0, 0.05) is 0 Å². The number of fused-ring (bicyclic) bond motifs is 10. The van der Waals surface area contributed by atoms with Crippen molar-refractivity contribution in [3.63, 3.8) is 0 Å². The average molecular weight is 629 g/mol. The Hall–Kier alpha value is -6.50. The summed E-state index contributed by atoms with van der Waals surface area (Å²) in [5.74, 6) is 0. The monoisotopic (exact) mass is 628 g/mol. The Morgan fingerprint density at radius 2 is 0.700 bits per heavy atom. The third-order valence-corrected chi connectivity index (χ3v) is 11.5. The summed E-state index contributed by atoms with van der Waals surface area (Å²) >= 11 is 0. The first-order chi connectivity index (χ1) is 24.8. The Kier molecular flexibility index (Phi) is 5.06. The van der Waals surface area contributed by atoms with E-state index in [1.807, 2.05) is 0 Å². The van der Waals surface area contributed by atoms with Crippen molar-refractivity contribution >= 4 is 75.4 Å². The maximum atomic E-state index is 2.54. The van der Waals surface area contributed by atoms with Crippen LogP contribution in [0.5, 0.6) is 0 Å². The highest BCUT2D eigenvalue weighted by Gasteiger charge is 2.28. The van der Waals surface area contributed by atoms with Gasteiger partial charge >= 0.3 is 0 Å². The molecule has 1 aliphatic carbocycles. The Morgan fingerprint density at radius 3 is 1.30 bits per heavy atom. The first kappa shape index (κ1) is 26.5. The zero-order chi connectivity index (χ0) is 32.5. The van der Waals surface area contributed by atoms with Crippen LogP contribution in [0.4, 0.5) is 0 Å². The SMILES string of the molecule is c1ccc(-c2c3cc4c(cc3c(-c3ccccc3)c3c5ccccc5c5ccccc5c23)-c2cc3cccc5ccc6ccc-4c2c6c53)cc1. The molecule has 0 radical (unpaired) electrons. The van der Waals surface area contributed by atoms with Crippen LogP contribution in [0.25, 0.3) is 120 Å². The Bertz CT molecular complexity index is 3220. The zero-order valence-electron chi connectivity index (χ0n) is 27.2. The van der Waals surface area contributed by atoms with Crippen molar-refractivity contribution in [3.8, 4) is 44.5 Å². The smallest absolute Gasteiger partial charge is 0.000763 e. The lowest BCUT2D eigenvalue weighted by Crippen LogP contribution is -1.94. The lowest BCUT2D eigenvalue weighted by molar-refractivity contribution is 1.66. The zero-order valence-corrected chi connectivity index (χ0v) is 27.2. The molecule has 0 fully saturated rings. The molecule has 0 saturated carbocycles. The number of hydrogen-bond acceptors (Lipinski definition) is 0. The highest BCUT2D eigenvalue weighted by molar-refractivity contribution is 6.38. The minimum absolute atomic E-state index is 1.24. The van der Waals surface area contributed by atoms with Gasteiger partial charge in [0.05, 0.1) is 0 Å². The van der Waals surface area contributed by atoms with E-state index in [1.165, 1.54) is 120 Å². The maximum absolute atomic E-state index is 2.54. The third-order valence-electron chi connectivity index (χ3n) is 11.5. The van der Waals surface area contributed by atoms with Crippen LogP contribution in [-0.2, 0) is 0 Å². The lowest BCUT2D eigenvalue weighted by Gasteiger charge is -2.22. The van der Waals surface area contributed by atoms with Gasteiger partial charge in [0.15, 0.2) is 0 Å². The fraction of sp³-hybridized carbons (Fsp3) is 0. The van der Waals surface area contributed by atoms with E-state index in [0.29, 0.717) is 0 Å². The van der Waals surface area contributed by atoms with Crippen molar-refractivity contribution in [2.75, 3.05) is 0 Å². The highest BCUT2D eigenvalue weighted by atomic mass is 14.3. The van der Waals surface area contributed by atoms with Gasteiger partial charge < -0.3 is 0 Å². The number of hydrogen-bond donors (Lipinski definition) is 0. The van der Waals surface area contributed by atoms with E-state index in [9.17, 15) is 0 Å². The van der Waals surface area contributed by atoms with Crippen LogP contribution >= 0.6 is 0 Å². The fourth-order valence-corrected chi connectivity index (χ4v) is 9.49. The van der Waals surface area contributed by atoms with Gasteiger partial charge in [-0.05, 0) is 138 Å². The lowest BCUT2D eigenvalue weighted by atomic mass is 9.80. The molecule has 0 atom stereocenters. The van der Waals surface area contributed by atoms with Gasteiger partial charge in [-0.3, -0.25) is 0 Å². The van der Waals surface area contributed by atoms with Gasteiger partial charge in [-0.1, -0.05) is 152 Å². The van der Waals surface area contributed by atoms with E-state index in [0.717, 1.165) is 0 Å². The van der Waals surface area contributed by atoms with Gasteiger partial charge in [0.1, 0.15) is 0 Å². The molecule has 0 saturated heterocycles. The summed E-state index contributed by atoms with van der Waals surface area (Å²) in [6.07, 6.45) is 0. The maximum Gasteiger partial charge on any atom is -0.000763 e. The summed E-state index contributed by atoms with van der Waals surface area (Å²) in [6.45, 7) is 0. The quantitative estimate of drug-likeness (QED) is 0.132. The number of rotatable bonds is 2. The molecule has 11 aromatic rings. The van der Waals surface area contributed by atoms with E-state index in [1.54, 1.807) is 0 Å². The van der Waals surface area contributed by atoms with E-state index in [2.05, 4.69) is 170 Å². The van der Waals surface area contributed by atoms with Crippen LogP contribution in [0.3, 0.4) is 0 Å². The molecule has 0 heterocycles. The van der Waals surface area contributed by atoms with E-state index in [4.69, 9.17) is 0 Å². The minimum atomic E-state index is 1.24. The van der Waals surface area contributed by atoms with Crippen LogP contribution in [0.1, 0.15) is 0 Å². The normalized spacial score (nSPS) is 12.4. The average Bonchev–Trinajstić information content (AvgIpc) is 3.49. The van der Waals surface area contributed by atoms with Crippen molar-refractivity contribution in [1.29, 1.82) is 0 Å². The molecule has 0 amide bonds. The molecule has 0 bridgehead atoms. The predicted molar refractivity (Wildman–Crippen MR) is 215 cm³/mol. The molecule has 228 valence electrons. The van der Waals surface area contributed by atoms with Crippen LogP contribution in [-0.4, -0.2) is 0 Å². The van der Waals surface area contributed by atoms with Crippen molar-refractivity contribution < 1.29 is 0 Å². The second kappa shape index (κ2) is 9.56. The topological polar surface area (TPSA) is 0 Å². The summed E-state index contributed by atoms with van der Waals surface area (Å²) in [5, 5.41) is 18.5. The summed E-state index contributed by atoms with van der Waals surface area (Å²) in [7, 11) is 0. The molecule has 0 unspecified atom stereocenters.